The molecule has 1 amide bonds. The van der Waals surface area contributed by atoms with Crippen molar-refractivity contribution in [2.75, 3.05) is 18.9 Å². The predicted octanol–water partition coefficient (Wildman–Crippen LogP) is 4.35. The van der Waals surface area contributed by atoms with Crippen molar-refractivity contribution in [3.63, 3.8) is 0 Å². The minimum atomic E-state index is -0.504. The molecular formula is C19H22BrF2IN4O. The lowest BCUT2D eigenvalue weighted by Gasteiger charge is -2.13. The van der Waals surface area contributed by atoms with Crippen molar-refractivity contribution in [3.8, 4) is 0 Å². The van der Waals surface area contributed by atoms with E-state index in [4.69, 9.17) is 0 Å². The first-order valence-electron chi connectivity index (χ1n) is 8.33. The van der Waals surface area contributed by atoms with Gasteiger partial charge in [-0.15, -0.1) is 24.0 Å². The molecule has 0 fully saturated rings. The summed E-state index contributed by atoms with van der Waals surface area (Å²) in [7, 11) is 1.56. The number of hydrogen-bond acceptors (Lipinski definition) is 2. The molecule has 0 saturated heterocycles. The molecule has 5 nitrogen and oxygen atoms in total. The second kappa shape index (κ2) is 11.9. The molecule has 28 heavy (non-hydrogen) atoms. The zero-order valence-corrected chi connectivity index (χ0v) is 19.4. The lowest BCUT2D eigenvalue weighted by molar-refractivity contribution is -0.116. The molecule has 0 radical (unpaired) electrons. The van der Waals surface area contributed by atoms with E-state index in [1.165, 1.54) is 0 Å². The normalized spacial score (nSPS) is 10.8. The van der Waals surface area contributed by atoms with Gasteiger partial charge in [0.25, 0.3) is 0 Å². The van der Waals surface area contributed by atoms with Gasteiger partial charge in [0.1, 0.15) is 11.6 Å². The molecule has 2 aromatic rings. The van der Waals surface area contributed by atoms with Gasteiger partial charge in [-0.2, -0.15) is 0 Å². The Morgan fingerprint density at radius 2 is 1.89 bits per heavy atom. The van der Waals surface area contributed by atoms with E-state index in [2.05, 4.69) is 36.9 Å². The number of amides is 1. The molecule has 0 aliphatic rings. The number of benzene rings is 2. The smallest absolute Gasteiger partial charge is 0.226 e. The number of anilines is 1. The summed E-state index contributed by atoms with van der Waals surface area (Å²) in [5.41, 5.74) is 1.91. The fourth-order valence-corrected chi connectivity index (χ4v) is 2.68. The van der Waals surface area contributed by atoms with Crippen LogP contribution in [0.5, 0.6) is 0 Å². The lowest BCUT2D eigenvalue weighted by atomic mass is 10.2. The van der Waals surface area contributed by atoms with Crippen LogP contribution in [-0.4, -0.2) is 25.5 Å². The topological polar surface area (TPSA) is 65.5 Å². The maximum atomic E-state index is 13.6. The molecule has 0 bridgehead atoms. The molecule has 0 aliphatic heterocycles. The zero-order valence-electron chi connectivity index (χ0n) is 15.5. The van der Waals surface area contributed by atoms with Gasteiger partial charge in [0.05, 0.1) is 0 Å². The number of carbonyl (C=O) groups excluding carboxylic acids is 1. The Balaban J connectivity index is 0.00000392. The fraction of sp³-hybridized carbons (Fsp3) is 0.263. The minimum Gasteiger partial charge on any atom is -0.356 e. The molecule has 0 unspecified atom stereocenters. The van der Waals surface area contributed by atoms with Gasteiger partial charge in [-0.25, -0.2) is 8.78 Å². The Kier molecular flexibility index (Phi) is 10.4. The number of aryl methyl sites for hydroxylation is 1. The number of rotatable bonds is 6. The number of nitrogens with zero attached hydrogens (tertiary/aromatic N) is 1. The third-order valence-corrected chi connectivity index (χ3v) is 4.29. The highest BCUT2D eigenvalue weighted by molar-refractivity contribution is 14.0. The minimum absolute atomic E-state index is 0. The van der Waals surface area contributed by atoms with Crippen molar-refractivity contribution in [2.45, 2.75) is 19.9 Å². The van der Waals surface area contributed by atoms with E-state index in [0.29, 0.717) is 12.5 Å². The molecule has 0 spiro atoms. The predicted molar refractivity (Wildman–Crippen MR) is 122 cm³/mol. The molecule has 0 heterocycles. The van der Waals surface area contributed by atoms with Crippen molar-refractivity contribution in [3.05, 3.63) is 63.6 Å². The summed E-state index contributed by atoms with van der Waals surface area (Å²) in [5, 5.41) is 8.71. The summed E-state index contributed by atoms with van der Waals surface area (Å²) >= 11 is 3.38. The molecule has 0 atom stereocenters. The van der Waals surface area contributed by atoms with Crippen LogP contribution in [0.2, 0.25) is 0 Å². The Labute approximate surface area is 188 Å². The van der Waals surface area contributed by atoms with E-state index < -0.39 is 11.6 Å². The van der Waals surface area contributed by atoms with Crippen LogP contribution in [0, 0.1) is 18.6 Å². The van der Waals surface area contributed by atoms with Crippen molar-refractivity contribution in [2.24, 2.45) is 4.99 Å². The molecule has 0 aromatic heterocycles. The first-order valence-corrected chi connectivity index (χ1v) is 9.13. The van der Waals surface area contributed by atoms with Crippen molar-refractivity contribution < 1.29 is 13.6 Å². The zero-order chi connectivity index (χ0) is 19.8. The van der Waals surface area contributed by atoms with Crippen LogP contribution >= 0.6 is 39.9 Å². The number of halogens is 4. The van der Waals surface area contributed by atoms with Gasteiger partial charge in [-0.3, -0.25) is 9.79 Å². The Morgan fingerprint density at radius 1 is 1.14 bits per heavy atom. The number of carbonyl (C=O) groups is 1. The maximum Gasteiger partial charge on any atom is 0.226 e. The molecular weight excluding hydrogens is 545 g/mol. The summed E-state index contributed by atoms with van der Waals surface area (Å²) in [6.07, 6.45) is 0.223. The monoisotopic (exact) mass is 566 g/mol. The van der Waals surface area contributed by atoms with Gasteiger partial charge in [0.15, 0.2) is 5.96 Å². The van der Waals surface area contributed by atoms with Crippen LogP contribution in [0.3, 0.4) is 0 Å². The van der Waals surface area contributed by atoms with E-state index in [1.807, 2.05) is 25.1 Å². The van der Waals surface area contributed by atoms with Crippen LogP contribution in [0.4, 0.5) is 14.5 Å². The summed E-state index contributed by atoms with van der Waals surface area (Å²) in [6.45, 7) is 2.33. The van der Waals surface area contributed by atoms with Crippen LogP contribution in [-0.2, 0) is 11.3 Å². The van der Waals surface area contributed by atoms with E-state index >= 15 is 0 Å². The van der Waals surface area contributed by atoms with Gasteiger partial charge in [-0.05, 0) is 42.8 Å². The van der Waals surface area contributed by atoms with Crippen molar-refractivity contribution >= 4 is 57.5 Å². The third-order valence-electron chi connectivity index (χ3n) is 3.80. The second-order valence-electron chi connectivity index (χ2n) is 5.85. The summed E-state index contributed by atoms with van der Waals surface area (Å²) in [5.74, 6) is -0.751. The van der Waals surface area contributed by atoms with Crippen molar-refractivity contribution in [1.29, 1.82) is 0 Å². The molecule has 0 saturated carbocycles. The largest absolute Gasteiger partial charge is 0.356 e. The fourth-order valence-electron chi connectivity index (χ4n) is 2.31. The molecule has 152 valence electrons. The highest BCUT2D eigenvalue weighted by Gasteiger charge is 2.08. The average molecular weight is 567 g/mol. The van der Waals surface area contributed by atoms with Crippen LogP contribution < -0.4 is 16.0 Å². The van der Waals surface area contributed by atoms with E-state index in [9.17, 15) is 13.6 Å². The molecule has 9 heteroatoms. The molecule has 2 aromatic carbocycles. The summed E-state index contributed by atoms with van der Waals surface area (Å²) < 4.78 is 27.7. The maximum absolute atomic E-state index is 13.6. The van der Waals surface area contributed by atoms with Gasteiger partial charge >= 0.3 is 0 Å². The quantitative estimate of drug-likeness (QED) is 0.277. The third kappa shape index (κ3) is 7.70. The molecule has 2 rings (SSSR count). The Hall–Kier alpha value is -1.75. The van der Waals surface area contributed by atoms with Crippen LogP contribution in [0.15, 0.2) is 45.9 Å². The van der Waals surface area contributed by atoms with E-state index in [0.717, 1.165) is 33.9 Å². The lowest BCUT2D eigenvalue weighted by Crippen LogP contribution is -2.38. The summed E-state index contributed by atoms with van der Waals surface area (Å²) in [4.78, 5) is 16.1. The van der Waals surface area contributed by atoms with Crippen molar-refractivity contribution in [1.82, 2.24) is 10.6 Å². The SMILES string of the molecule is CN=C(NCCC(=O)Nc1cc(Br)ccc1C)NCc1cc(F)ccc1F.I. The summed E-state index contributed by atoms with van der Waals surface area (Å²) in [6, 6.07) is 8.94. The standard InChI is InChI=1S/C19H21BrF2N4O.HI/c1-12-3-4-14(20)10-17(12)26-18(27)7-8-24-19(23-2)25-11-13-9-15(21)5-6-16(13)22;/h3-6,9-10H,7-8,11H2,1-2H3,(H,26,27)(H2,23,24,25);1H. The first kappa shape index (κ1) is 24.3. The van der Waals surface area contributed by atoms with E-state index in [-0.39, 0.29) is 48.4 Å². The van der Waals surface area contributed by atoms with E-state index in [1.54, 1.807) is 7.05 Å². The Morgan fingerprint density at radius 3 is 2.61 bits per heavy atom. The first-order chi connectivity index (χ1) is 12.9. The number of hydrogen-bond donors (Lipinski definition) is 3. The average Bonchev–Trinajstić information content (AvgIpc) is 2.63. The highest BCUT2D eigenvalue weighted by Crippen LogP contribution is 2.20. The highest BCUT2D eigenvalue weighted by atomic mass is 127. The van der Waals surface area contributed by atoms with Gasteiger partial charge in [-0.1, -0.05) is 22.0 Å². The Bertz CT molecular complexity index is 849. The van der Waals surface area contributed by atoms with Gasteiger partial charge in [0, 0.05) is 42.3 Å². The number of nitrogens with one attached hydrogen (secondary N) is 3. The van der Waals surface area contributed by atoms with Crippen LogP contribution in [0.25, 0.3) is 0 Å². The van der Waals surface area contributed by atoms with Crippen LogP contribution in [0.1, 0.15) is 17.5 Å². The number of guanidine groups is 1. The molecule has 3 N–H and O–H groups in total. The van der Waals surface area contributed by atoms with Gasteiger partial charge < -0.3 is 16.0 Å². The molecule has 0 aliphatic carbocycles. The second-order valence-corrected chi connectivity index (χ2v) is 6.76. The van der Waals surface area contributed by atoms with Gasteiger partial charge in [0.2, 0.25) is 5.91 Å². The number of aliphatic imine (C=N–C) groups is 1.